The average Bonchev–Trinajstić information content (AvgIpc) is 2.46. The summed E-state index contributed by atoms with van der Waals surface area (Å²) in [6.45, 7) is 1.03. The van der Waals surface area contributed by atoms with Crippen LogP contribution in [0.2, 0.25) is 0 Å². The van der Waals surface area contributed by atoms with Crippen LogP contribution in [0.1, 0.15) is 12.8 Å². The Morgan fingerprint density at radius 2 is 2.15 bits per heavy atom. The van der Waals surface area contributed by atoms with Gasteiger partial charge in [0.15, 0.2) is 0 Å². The third-order valence-corrected chi connectivity index (χ3v) is 4.25. The van der Waals surface area contributed by atoms with Crippen LogP contribution in [-0.2, 0) is 19.1 Å². The molecule has 20 heavy (non-hydrogen) atoms. The van der Waals surface area contributed by atoms with Crippen LogP contribution in [0.5, 0.6) is 0 Å². The molecule has 0 spiro atoms. The number of primary amides is 1. The van der Waals surface area contributed by atoms with Crippen LogP contribution in [0.4, 0.5) is 0 Å². The fourth-order valence-corrected chi connectivity index (χ4v) is 2.88. The lowest BCUT2D eigenvalue weighted by atomic mass is 9.97. The van der Waals surface area contributed by atoms with Gasteiger partial charge in [0.2, 0.25) is 11.8 Å². The molecule has 2 amide bonds. The van der Waals surface area contributed by atoms with E-state index in [1.54, 1.807) is 4.90 Å². The molecular formula is C12H21N3O4S. The van der Waals surface area contributed by atoms with Crippen molar-refractivity contribution in [3.05, 3.63) is 0 Å². The molecule has 0 aromatic heterocycles. The lowest BCUT2D eigenvalue weighted by Gasteiger charge is -2.31. The molecular weight excluding hydrogens is 282 g/mol. The molecule has 2 atom stereocenters. The Kier molecular flexibility index (Phi) is 6.80. The highest BCUT2D eigenvalue weighted by atomic mass is 32.2. The van der Waals surface area contributed by atoms with Gasteiger partial charge < -0.3 is 21.1 Å². The molecule has 1 aliphatic heterocycles. The number of methoxy groups -OCH3 is 1. The number of nitrogens with zero attached hydrogens (tertiary/aromatic N) is 1. The average molecular weight is 303 g/mol. The van der Waals surface area contributed by atoms with Gasteiger partial charge in [-0.05, 0) is 12.8 Å². The maximum atomic E-state index is 12.0. The molecule has 0 aromatic rings. The molecule has 0 radical (unpaired) electrons. The van der Waals surface area contributed by atoms with Crippen LogP contribution in [0, 0.1) is 5.92 Å². The molecule has 0 bridgehead atoms. The Morgan fingerprint density at radius 3 is 2.75 bits per heavy atom. The van der Waals surface area contributed by atoms with E-state index in [1.807, 2.05) is 0 Å². The lowest BCUT2D eigenvalue weighted by molar-refractivity contribution is -0.141. The number of likely N-dealkylation sites (tertiary alicyclic amines) is 1. The van der Waals surface area contributed by atoms with Crippen molar-refractivity contribution in [2.75, 3.05) is 31.7 Å². The molecule has 1 heterocycles. The van der Waals surface area contributed by atoms with E-state index in [2.05, 4.69) is 4.74 Å². The van der Waals surface area contributed by atoms with E-state index in [9.17, 15) is 14.4 Å². The van der Waals surface area contributed by atoms with Gasteiger partial charge in [0.25, 0.3) is 0 Å². The second kappa shape index (κ2) is 8.11. The highest BCUT2D eigenvalue weighted by Gasteiger charge is 2.26. The molecule has 114 valence electrons. The Labute approximate surface area is 122 Å². The number of nitrogens with two attached hydrogens (primary N) is 2. The molecule has 0 aliphatic carbocycles. The molecule has 1 fully saturated rings. The monoisotopic (exact) mass is 303 g/mol. The summed E-state index contributed by atoms with van der Waals surface area (Å²) < 4.78 is 4.50. The summed E-state index contributed by atoms with van der Waals surface area (Å²) in [7, 11) is 1.27. The highest BCUT2D eigenvalue weighted by molar-refractivity contribution is 8.00. The number of carbonyl (C=O) groups excluding carboxylic acids is 3. The van der Waals surface area contributed by atoms with E-state index in [0.717, 1.165) is 12.8 Å². The first kappa shape index (κ1) is 16.8. The molecule has 0 saturated carbocycles. The SMILES string of the molecule is COC(=O)C(N)CSCC(=O)N1CCCC(C(N)=O)C1. The normalized spacial score (nSPS) is 20.3. The van der Waals surface area contributed by atoms with Gasteiger partial charge in [-0.25, -0.2) is 0 Å². The van der Waals surface area contributed by atoms with Gasteiger partial charge >= 0.3 is 5.97 Å². The Bertz CT molecular complexity index is 378. The molecule has 1 aliphatic rings. The summed E-state index contributed by atoms with van der Waals surface area (Å²) in [5.74, 6) is -0.602. The number of amides is 2. The highest BCUT2D eigenvalue weighted by Crippen LogP contribution is 2.17. The van der Waals surface area contributed by atoms with Crippen molar-refractivity contribution in [2.45, 2.75) is 18.9 Å². The van der Waals surface area contributed by atoms with Crippen LogP contribution in [0.3, 0.4) is 0 Å². The van der Waals surface area contributed by atoms with Crippen molar-refractivity contribution in [2.24, 2.45) is 17.4 Å². The zero-order chi connectivity index (χ0) is 15.1. The fourth-order valence-electron chi connectivity index (χ4n) is 2.02. The second-order valence-electron chi connectivity index (χ2n) is 4.73. The zero-order valence-corrected chi connectivity index (χ0v) is 12.4. The van der Waals surface area contributed by atoms with Gasteiger partial charge in [-0.1, -0.05) is 0 Å². The van der Waals surface area contributed by atoms with Crippen LogP contribution in [0.25, 0.3) is 0 Å². The van der Waals surface area contributed by atoms with Crippen LogP contribution < -0.4 is 11.5 Å². The van der Waals surface area contributed by atoms with Crippen molar-refractivity contribution in [3.63, 3.8) is 0 Å². The van der Waals surface area contributed by atoms with E-state index in [4.69, 9.17) is 11.5 Å². The summed E-state index contributed by atoms with van der Waals surface area (Å²) >= 11 is 1.28. The molecule has 7 nitrogen and oxygen atoms in total. The Morgan fingerprint density at radius 1 is 1.45 bits per heavy atom. The van der Waals surface area contributed by atoms with E-state index in [1.165, 1.54) is 18.9 Å². The van der Waals surface area contributed by atoms with E-state index >= 15 is 0 Å². The Hall–Kier alpha value is -1.28. The van der Waals surface area contributed by atoms with E-state index in [0.29, 0.717) is 18.8 Å². The maximum Gasteiger partial charge on any atom is 0.323 e. The topological polar surface area (TPSA) is 116 Å². The first-order valence-corrected chi connectivity index (χ1v) is 7.59. The van der Waals surface area contributed by atoms with Gasteiger partial charge in [-0.3, -0.25) is 14.4 Å². The van der Waals surface area contributed by atoms with Crippen molar-refractivity contribution in [1.82, 2.24) is 4.90 Å². The summed E-state index contributed by atoms with van der Waals surface area (Å²) in [5, 5.41) is 0. The smallest absolute Gasteiger partial charge is 0.323 e. The summed E-state index contributed by atoms with van der Waals surface area (Å²) in [5.41, 5.74) is 10.8. The zero-order valence-electron chi connectivity index (χ0n) is 11.5. The molecule has 4 N–H and O–H groups in total. The van der Waals surface area contributed by atoms with Gasteiger partial charge in [0.1, 0.15) is 6.04 Å². The van der Waals surface area contributed by atoms with Gasteiger partial charge in [-0.15, -0.1) is 11.8 Å². The number of hydrogen-bond acceptors (Lipinski definition) is 6. The first-order chi connectivity index (χ1) is 9.45. The third-order valence-electron chi connectivity index (χ3n) is 3.20. The molecule has 8 heteroatoms. The molecule has 0 aromatic carbocycles. The van der Waals surface area contributed by atoms with Crippen molar-refractivity contribution >= 4 is 29.5 Å². The molecule has 1 rings (SSSR count). The van der Waals surface area contributed by atoms with Crippen LogP contribution in [-0.4, -0.2) is 60.4 Å². The number of ether oxygens (including phenoxy) is 1. The second-order valence-corrected chi connectivity index (χ2v) is 5.76. The largest absolute Gasteiger partial charge is 0.468 e. The fraction of sp³-hybridized carbons (Fsp3) is 0.750. The van der Waals surface area contributed by atoms with E-state index < -0.39 is 12.0 Å². The summed E-state index contributed by atoms with van der Waals surface area (Å²) in [6.07, 6.45) is 1.52. The quantitative estimate of drug-likeness (QED) is 0.605. The number of hydrogen-bond donors (Lipinski definition) is 2. The van der Waals surface area contributed by atoms with Crippen molar-refractivity contribution < 1.29 is 19.1 Å². The number of esters is 1. The number of rotatable bonds is 6. The van der Waals surface area contributed by atoms with Crippen LogP contribution >= 0.6 is 11.8 Å². The van der Waals surface area contributed by atoms with Gasteiger partial charge in [-0.2, -0.15) is 0 Å². The van der Waals surface area contributed by atoms with Gasteiger partial charge in [0.05, 0.1) is 18.8 Å². The Balaban J connectivity index is 2.32. The minimum Gasteiger partial charge on any atom is -0.468 e. The molecule has 2 unspecified atom stereocenters. The third kappa shape index (κ3) is 5.01. The predicted octanol–water partition coefficient (Wildman–Crippen LogP) is -1.06. The van der Waals surface area contributed by atoms with Crippen molar-refractivity contribution in [3.8, 4) is 0 Å². The lowest BCUT2D eigenvalue weighted by Crippen LogP contribution is -2.45. The summed E-state index contributed by atoms with van der Waals surface area (Å²) in [6, 6.07) is -0.725. The summed E-state index contributed by atoms with van der Waals surface area (Å²) in [4.78, 5) is 35.9. The maximum absolute atomic E-state index is 12.0. The minimum absolute atomic E-state index is 0.0574. The number of carbonyl (C=O) groups is 3. The van der Waals surface area contributed by atoms with Crippen molar-refractivity contribution in [1.29, 1.82) is 0 Å². The standard InChI is InChI=1S/C12H21N3O4S/c1-19-12(18)9(13)6-20-7-10(16)15-4-2-3-8(5-15)11(14)17/h8-9H,2-7,13H2,1H3,(H2,14,17). The predicted molar refractivity (Wildman–Crippen MR) is 75.8 cm³/mol. The number of piperidine rings is 1. The minimum atomic E-state index is -0.725. The van der Waals surface area contributed by atoms with E-state index in [-0.39, 0.29) is 23.5 Å². The number of thioether (sulfide) groups is 1. The molecule has 1 saturated heterocycles. The van der Waals surface area contributed by atoms with Crippen LogP contribution in [0.15, 0.2) is 0 Å². The van der Waals surface area contributed by atoms with Gasteiger partial charge in [0, 0.05) is 18.8 Å². The first-order valence-electron chi connectivity index (χ1n) is 6.44.